The van der Waals surface area contributed by atoms with E-state index in [1.54, 1.807) is 6.07 Å². The maximum atomic E-state index is 12.6. The first-order valence-corrected chi connectivity index (χ1v) is 11.5. The highest BCUT2D eigenvalue weighted by Crippen LogP contribution is 2.16. The van der Waals surface area contributed by atoms with Crippen molar-refractivity contribution in [3.63, 3.8) is 0 Å². The summed E-state index contributed by atoms with van der Waals surface area (Å²) >= 11 is 0. The Labute approximate surface area is 192 Å². The van der Waals surface area contributed by atoms with Crippen molar-refractivity contribution in [3.8, 4) is 0 Å². The Kier molecular flexibility index (Phi) is 6.08. The first-order chi connectivity index (χ1) is 16.2. The molecule has 0 radical (unpaired) electrons. The van der Waals surface area contributed by atoms with Gasteiger partial charge in [-0.3, -0.25) is 14.8 Å². The molecule has 33 heavy (non-hydrogen) atoms. The molecule has 2 N–H and O–H groups in total. The number of piperazine rings is 1. The number of rotatable bonds is 7. The lowest BCUT2D eigenvalue weighted by atomic mass is 10.1. The molecule has 1 aliphatic rings. The molecule has 0 atom stereocenters. The smallest absolute Gasteiger partial charge is 0.274 e. The van der Waals surface area contributed by atoms with Crippen molar-refractivity contribution in [3.05, 3.63) is 87.8 Å². The molecule has 0 saturated carbocycles. The summed E-state index contributed by atoms with van der Waals surface area (Å²) in [5.41, 5.74) is 4.33. The predicted molar refractivity (Wildman–Crippen MR) is 131 cm³/mol. The summed E-state index contributed by atoms with van der Waals surface area (Å²) in [5.74, 6) is 0.928. The van der Waals surface area contributed by atoms with Crippen LogP contribution in [0.1, 0.15) is 23.7 Å². The topological polar surface area (TPSA) is 81.6 Å². The van der Waals surface area contributed by atoms with E-state index in [9.17, 15) is 4.79 Å². The standard InChI is InChI=1S/C25H29N7O/c1-2-19-8-10-20(11-9-19)17-26-24-28-25-27-21(16-23(33)32(25)29-24)18-30-12-14-31(15-13-30)22-6-4-3-5-7-22/h3-11,16H,2,12-15,17-18H2,1H3,(H2,26,27,28,29). The van der Waals surface area contributed by atoms with Crippen LogP contribution in [0.2, 0.25) is 0 Å². The van der Waals surface area contributed by atoms with Gasteiger partial charge in [-0.05, 0) is 29.7 Å². The van der Waals surface area contributed by atoms with E-state index >= 15 is 0 Å². The van der Waals surface area contributed by atoms with Crippen LogP contribution in [0.15, 0.2) is 65.5 Å². The summed E-state index contributed by atoms with van der Waals surface area (Å²) in [6, 6.07) is 20.6. The minimum Gasteiger partial charge on any atom is -0.369 e. The number of nitrogens with zero attached hydrogens (tertiary/aromatic N) is 5. The van der Waals surface area contributed by atoms with E-state index < -0.39 is 0 Å². The molecule has 8 heteroatoms. The van der Waals surface area contributed by atoms with Crippen molar-refractivity contribution in [2.75, 3.05) is 36.4 Å². The molecule has 1 fully saturated rings. The van der Waals surface area contributed by atoms with E-state index in [-0.39, 0.29) is 5.56 Å². The van der Waals surface area contributed by atoms with Crippen LogP contribution in [-0.4, -0.2) is 50.7 Å². The lowest BCUT2D eigenvalue weighted by molar-refractivity contribution is 0.247. The van der Waals surface area contributed by atoms with Gasteiger partial charge in [-0.25, -0.2) is 4.98 Å². The van der Waals surface area contributed by atoms with E-state index in [0.29, 0.717) is 24.8 Å². The Hall–Kier alpha value is -3.65. The van der Waals surface area contributed by atoms with E-state index in [1.165, 1.54) is 15.8 Å². The van der Waals surface area contributed by atoms with Gasteiger partial charge < -0.3 is 10.2 Å². The van der Waals surface area contributed by atoms with Crippen LogP contribution in [0, 0.1) is 0 Å². The molecule has 0 bridgehead atoms. The van der Waals surface area contributed by atoms with Crippen molar-refractivity contribution in [1.82, 2.24) is 24.5 Å². The molecule has 3 heterocycles. The van der Waals surface area contributed by atoms with Gasteiger partial charge in [0, 0.05) is 51.0 Å². The first kappa shape index (κ1) is 21.2. The molecular formula is C25H29N7O. The van der Waals surface area contributed by atoms with Gasteiger partial charge in [0.25, 0.3) is 11.3 Å². The highest BCUT2D eigenvalue weighted by atomic mass is 16.1. The second-order valence-corrected chi connectivity index (χ2v) is 8.42. The third-order valence-corrected chi connectivity index (χ3v) is 6.15. The summed E-state index contributed by atoms with van der Waals surface area (Å²) < 4.78 is 1.39. The number of para-hydroxylation sites is 1. The van der Waals surface area contributed by atoms with E-state index in [0.717, 1.165) is 43.9 Å². The summed E-state index contributed by atoms with van der Waals surface area (Å²) in [5, 5.41) is 6.26. The van der Waals surface area contributed by atoms with Crippen LogP contribution in [0.3, 0.4) is 0 Å². The normalized spacial score (nSPS) is 14.6. The maximum Gasteiger partial charge on any atom is 0.274 e. The highest BCUT2D eigenvalue weighted by molar-refractivity contribution is 5.46. The first-order valence-electron chi connectivity index (χ1n) is 11.5. The van der Waals surface area contributed by atoms with Crippen molar-refractivity contribution < 1.29 is 0 Å². The minimum atomic E-state index is -0.147. The van der Waals surface area contributed by atoms with Crippen molar-refractivity contribution in [2.45, 2.75) is 26.4 Å². The Balaban J connectivity index is 1.22. The third-order valence-electron chi connectivity index (χ3n) is 6.15. The second-order valence-electron chi connectivity index (χ2n) is 8.42. The molecule has 5 rings (SSSR count). The van der Waals surface area contributed by atoms with Crippen LogP contribution in [-0.2, 0) is 19.5 Å². The van der Waals surface area contributed by atoms with E-state index in [4.69, 9.17) is 0 Å². The van der Waals surface area contributed by atoms with E-state index in [2.05, 4.69) is 85.6 Å². The van der Waals surface area contributed by atoms with Crippen LogP contribution < -0.4 is 15.8 Å². The van der Waals surface area contributed by atoms with Crippen molar-refractivity contribution in [1.29, 1.82) is 0 Å². The van der Waals surface area contributed by atoms with Gasteiger partial charge >= 0.3 is 0 Å². The van der Waals surface area contributed by atoms with Gasteiger partial charge in [0.1, 0.15) is 0 Å². The Bertz CT molecular complexity index is 1260. The Morgan fingerprint density at radius 3 is 2.39 bits per heavy atom. The minimum absolute atomic E-state index is 0.147. The highest BCUT2D eigenvalue weighted by Gasteiger charge is 2.18. The zero-order chi connectivity index (χ0) is 22.6. The van der Waals surface area contributed by atoms with Gasteiger partial charge in [0.15, 0.2) is 0 Å². The SMILES string of the molecule is CCc1ccc(CNc2nc3nc(CN4CCN(c5ccccc5)CC4)cc(=O)n3[nH]2)cc1. The Morgan fingerprint density at radius 1 is 0.939 bits per heavy atom. The zero-order valence-electron chi connectivity index (χ0n) is 18.9. The average Bonchev–Trinajstić information content (AvgIpc) is 3.28. The summed E-state index contributed by atoms with van der Waals surface area (Å²) in [7, 11) is 0. The van der Waals surface area contributed by atoms with Crippen LogP contribution in [0.4, 0.5) is 11.6 Å². The third kappa shape index (κ3) is 4.90. The van der Waals surface area contributed by atoms with Crippen molar-refractivity contribution >= 4 is 17.4 Å². The number of benzene rings is 2. The molecule has 1 saturated heterocycles. The fraction of sp³-hybridized carbons (Fsp3) is 0.320. The molecule has 0 amide bonds. The monoisotopic (exact) mass is 443 g/mol. The number of fused-ring (bicyclic) bond motifs is 1. The van der Waals surface area contributed by atoms with Crippen LogP contribution in [0.5, 0.6) is 0 Å². The number of aromatic amines is 1. The van der Waals surface area contributed by atoms with Gasteiger partial charge in [-0.1, -0.05) is 49.4 Å². The molecule has 4 aromatic rings. The largest absolute Gasteiger partial charge is 0.369 e. The lowest BCUT2D eigenvalue weighted by Gasteiger charge is -2.35. The average molecular weight is 444 g/mol. The molecule has 2 aromatic carbocycles. The molecule has 1 aliphatic heterocycles. The van der Waals surface area contributed by atoms with Gasteiger partial charge in [0.2, 0.25) is 5.95 Å². The molecular weight excluding hydrogens is 414 g/mol. The molecule has 2 aromatic heterocycles. The number of aryl methyl sites for hydroxylation is 1. The Morgan fingerprint density at radius 2 is 1.67 bits per heavy atom. The van der Waals surface area contributed by atoms with Gasteiger partial charge in [-0.2, -0.15) is 9.50 Å². The zero-order valence-corrected chi connectivity index (χ0v) is 18.9. The molecule has 8 nitrogen and oxygen atoms in total. The fourth-order valence-electron chi connectivity index (χ4n) is 4.20. The van der Waals surface area contributed by atoms with Crippen molar-refractivity contribution in [2.24, 2.45) is 0 Å². The second kappa shape index (κ2) is 9.46. The molecule has 0 aliphatic carbocycles. The summed E-state index contributed by atoms with van der Waals surface area (Å²) in [6.45, 7) is 7.19. The van der Waals surface area contributed by atoms with Crippen LogP contribution >= 0.6 is 0 Å². The summed E-state index contributed by atoms with van der Waals surface area (Å²) in [4.78, 5) is 26.5. The number of hydrogen-bond donors (Lipinski definition) is 2. The molecule has 170 valence electrons. The van der Waals surface area contributed by atoms with Crippen LogP contribution in [0.25, 0.3) is 5.78 Å². The number of H-pyrrole nitrogens is 1. The number of nitrogens with one attached hydrogen (secondary N) is 2. The quantitative estimate of drug-likeness (QED) is 0.457. The molecule has 0 unspecified atom stereocenters. The number of anilines is 2. The summed E-state index contributed by atoms with van der Waals surface area (Å²) in [6.07, 6.45) is 1.02. The lowest BCUT2D eigenvalue weighted by Crippen LogP contribution is -2.46. The number of aromatic nitrogens is 4. The maximum absolute atomic E-state index is 12.6. The van der Waals surface area contributed by atoms with Gasteiger partial charge in [-0.15, -0.1) is 0 Å². The predicted octanol–water partition coefficient (Wildman–Crippen LogP) is 2.91. The number of hydrogen-bond acceptors (Lipinski definition) is 6. The fourth-order valence-corrected chi connectivity index (χ4v) is 4.20. The van der Waals surface area contributed by atoms with E-state index in [1.807, 2.05) is 6.07 Å². The van der Waals surface area contributed by atoms with Gasteiger partial charge in [0.05, 0.1) is 5.69 Å². The molecule has 0 spiro atoms.